The lowest BCUT2D eigenvalue weighted by molar-refractivity contribution is 0.0103. The Labute approximate surface area is 169 Å². The van der Waals surface area contributed by atoms with Crippen molar-refractivity contribution >= 4 is 29.7 Å². The maximum absolute atomic E-state index is 13.0. The maximum Gasteiger partial charge on any atom is 0.274 e. The molecule has 0 radical (unpaired) electrons. The molecule has 1 saturated heterocycles. The Bertz CT molecular complexity index is 745. The molecule has 2 aliphatic heterocycles. The number of hydrogen-bond donors (Lipinski definition) is 2. The zero-order valence-corrected chi connectivity index (χ0v) is 17.1. The van der Waals surface area contributed by atoms with Gasteiger partial charge in [-0.25, -0.2) is 0 Å². The molecule has 0 bridgehead atoms. The van der Waals surface area contributed by atoms with E-state index < -0.39 is 0 Å². The molecule has 0 aromatic carbocycles. The largest absolute Gasteiger partial charge is 0.379 e. The summed E-state index contributed by atoms with van der Waals surface area (Å²) < 4.78 is 5.50. The molecule has 1 unspecified atom stereocenters. The Morgan fingerprint density at radius 1 is 1.44 bits per heavy atom. The van der Waals surface area contributed by atoms with Crippen molar-refractivity contribution in [2.45, 2.75) is 19.0 Å². The highest BCUT2D eigenvalue weighted by atomic mass is 35.5. The molecule has 27 heavy (non-hydrogen) atoms. The zero-order chi connectivity index (χ0) is 17.9. The van der Waals surface area contributed by atoms with Crippen LogP contribution in [0.2, 0.25) is 0 Å². The molecule has 0 aliphatic carbocycles. The number of fused-ring (bicyclic) bond motifs is 1. The van der Waals surface area contributed by atoms with Crippen LogP contribution in [0.5, 0.6) is 0 Å². The highest BCUT2D eigenvalue weighted by molar-refractivity contribution is 7.10. The van der Waals surface area contributed by atoms with Crippen LogP contribution < -0.4 is 5.32 Å². The minimum atomic E-state index is -0.0129. The Kier molecular flexibility index (Phi) is 6.88. The van der Waals surface area contributed by atoms with Gasteiger partial charge in [0.1, 0.15) is 0 Å². The lowest BCUT2D eigenvalue weighted by Crippen LogP contribution is -2.44. The molecule has 0 saturated carbocycles. The van der Waals surface area contributed by atoms with Crippen LogP contribution in [0.25, 0.3) is 0 Å². The topological polar surface area (TPSA) is 73.5 Å². The van der Waals surface area contributed by atoms with E-state index in [2.05, 4.69) is 37.9 Å². The van der Waals surface area contributed by atoms with Gasteiger partial charge in [-0.3, -0.25) is 14.8 Å². The second-order valence-electron chi connectivity index (χ2n) is 6.82. The summed E-state index contributed by atoms with van der Waals surface area (Å²) in [4.78, 5) is 18.6. The number of likely N-dealkylation sites (N-methyl/N-ethyl adjacent to an activating group) is 1. The van der Waals surface area contributed by atoms with Gasteiger partial charge in [0.15, 0.2) is 5.69 Å². The number of halogens is 1. The molecule has 1 fully saturated rings. The summed E-state index contributed by atoms with van der Waals surface area (Å²) in [6.45, 7) is 5.57. The fourth-order valence-corrected chi connectivity index (χ4v) is 4.53. The van der Waals surface area contributed by atoms with Crippen molar-refractivity contribution in [3.8, 4) is 0 Å². The monoisotopic (exact) mass is 411 g/mol. The van der Waals surface area contributed by atoms with Crippen LogP contribution in [0.15, 0.2) is 17.5 Å². The first-order valence-corrected chi connectivity index (χ1v) is 9.99. The van der Waals surface area contributed by atoms with Crippen molar-refractivity contribution in [2.75, 3.05) is 46.4 Å². The predicted molar refractivity (Wildman–Crippen MR) is 108 cm³/mol. The number of hydrogen-bond acceptors (Lipinski definition) is 6. The van der Waals surface area contributed by atoms with Gasteiger partial charge in [0.25, 0.3) is 5.91 Å². The molecule has 4 rings (SSSR count). The van der Waals surface area contributed by atoms with Crippen LogP contribution in [0.1, 0.15) is 32.7 Å². The van der Waals surface area contributed by atoms with Crippen LogP contribution >= 0.6 is 23.7 Å². The molecule has 1 atom stereocenters. The lowest BCUT2D eigenvalue weighted by atomic mass is 10.1. The number of ether oxygens (including phenoxy) is 1. The van der Waals surface area contributed by atoms with Gasteiger partial charge in [0, 0.05) is 62.3 Å². The van der Waals surface area contributed by atoms with Crippen molar-refractivity contribution in [1.82, 2.24) is 25.3 Å². The summed E-state index contributed by atoms with van der Waals surface area (Å²) in [5, 5.41) is 12.8. The molecule has 2 N–H and O–H groups in total. The molecule has 2 aromatic rings. The number of nitrogens with zero attached hydrogens (tertiary/aromatic N) is 3. The van der Waals surface area contributed by atoms with Gasteiger partial charge in [-0.1, -0.05) is 6.07 Å². The maximum atomic E-state index is 13.0. The molecule has 2 aromatic heterocycles. The molecule has 9 heteroatoms. The van der Waals surface area contributed by atoms with E-state index in [1.807, 2.05) is 11.9 Å². The van der Waals surface area contributed by atoms with Crippen molar-refractivity contribution in [3.63, 3.8) is 0 Å². The fourth-order valence-electron chi connectivity index (χ4n) is 3.68. The Balaban J connectivity index is 0.00000210. The lowest BCUT2D eigenvalue weighted by Gasteiger charge is -2.36. The van der Waals surface area contributed by atoms with Crippen LogP contribution in [-0.2, 0) is 17.7 Å². The third-order valence-electron chi connectivity index (χ3n) is 5.16. The number of thiophene rings is 1. The van der Waals surface area contributed by atoms with Gasteiger partial charge in [-0.2, -0.15) is 5.10 Å². The normalized spacial score (nSPS) is 18.4. The second kappa shape index (κ2) is 9.16. The first kappa shape index (κ1) is 20.3. The minimum absolute atomic E-state index is 0. The highest BCUT2D eigenvalue weighted by Crippen LogP contribution is 2.27. The number of nitrogens with one attached hydrogen (secondary N) is 2. The van der Waals surface area contributed by atoms with E-state index in [0.717, 1.165) is 50.5 Å². The van der Waals surface area contributed by atoms with Crippen LogP contribution in [0.3, 0.4) is 0 Å². The summed E-state index contributed by atoms with van der Waals surface area (Å²) in [6.07, 6.45) is 0.894. The first-order chi connectivity index (χ1) is 12.7. The van der Waals surface area contributed by atoms with E-state index >= 15 is 0 Å². The standard InChI is InChI=1S/C18H25N5O2S.ClH/c1-22(18(24)17-13-11-19-5-4-14(13)20-21-17)12-15(16-3-2-10-26-16)23-6-8-25-9-7-23;/h2-3,10,15,19H,4-9,11-12H2,1H3,(H,20,21);1H. The van der Waals surface area contributed by atoms with Crippen LogP contribution in [0.4, 0.5) is 0 Å². The number of rotatable bonds is 5. The summed E-state index contributed by atoms with van der Waals surface area (Å²) >= 11 is 1.75. The number of carbonyl (C=O) groups is 1. The highest BCUT2D eigenvalue weighted by Gasteiger charge is 2.29. The third-order valence-corrected chi connectivity index (χ3v) is 6.13. The number of aromatic nitrogens is 2. The van der Waals surface area contributed by atoms with Gasteiger partial charge in [-0.05, 0) is 11.4 Å². The van der Waals surface area contributed by atoms with Gasteiger partial charge < -0.3 is 15.0 Å². The van der Waals surface area contributed by atoms with Crippen molar-refractivity contribution in [1.29, 1.82) is 0 Å². The van der Waals surface area contributed by atoms with Crippen molar-refractivity contribution < 1.29 is 9.53 Å². The first-order valence-electron chi connectivity index (χ1n) is 9.11. The number of H-pyrrole nitrogens is 1. The van der Waals surface area contributed by atoms with Crippen molar-refractivity contribution in [2.24, 2.45) is 0 Å². The second-order valence-corrected chi connectivity index (χ2v) is 7.80. The summed E-state index contributed by atoms with van der Waals surface area (Å²) in [7, 11) is 1.88. The molecule has 4 heterocycles. The SMILES string of the molecule is CN(CC(c1cccs1)N1CCOCC1)C(=O)c1n[nH]c2c1CNCC2.Cl. The van der Waals surface area contributed by atoms with E-state index in [9.17, 15) is 4.79 Å². The molecule has 0 spiro atoms. The Morgan fingerprint density at radius 3 is 3.00 bits per heavy atom. The van der Waals surface area contributed by atoms with E-state index in [4.69, 9.17) is 4.74 Å². The molecule has 148 valence electrons. The van der Waals surface area contributed by atoms with Gasteiger partial charge in [0.05, 0.1) is 19.3 Å². The number of amides is 1. The Hall–Kier alpha value is -1.45. The summed E-state index contributed by atoms with van der Waals surface area (Å²) in [5.74, 6) is -0.0129. The fraction of sp³-hybridized carbons (Fsp3) is 0.556. The zero-order valence-electron chi connectivity index (χ0n) is 15.4. The quantitative estimate of drug-likeness (QED) is 0.783. The summed E-state index contributed by atoms with van der Waals surface area (Å²) in [6, 6.07) is 4.43. The molecule has 1 amide bonds. The van der Waals surface area contributed by atoms with E-state index in [-0.39, 0.29) is 24.4 Å². The molecular formula is C18H26ClN5O2S. The number of morpholine rings is 1. The van der Waals surface area contributed by atoms with Gasteiger partial charge in [0.2, 0.25) is 0 Å². The summed E-state index contributed by atoms with van der Waals surface area (Å²) in [5.41, 5.74) is 2.66. The minimum Gasteiger partial charge on any atom is -0.379 e. The average Bonchev–Trinajstić information content (AvgIpc) is 3.36. The average molecular weight is 412 g/mol. The third kappa shape index (κ3) is 4.35. The Morgan fingerprint density at radius 2 is 2.26 bits per heavy atom. The van der Waals surface area contributed by atoms with Crippen LogP contribution in [0, 0.1) is 0 Å². The molecule has 7 nitrogen and oxygen atoms in total. The van der Waals surface area contributed by atoms with Gasteiger partial charge >= 0.3 is 0 Å². The molecule has 2 aliphatic rings. The number of carbonyl (C=O) groups excluding carboxylic acids is 1. The smallest absolute Gasteiger partial charge is 0.274 e. The van der Waals surface area contributed by atoms with Crippen LogP contribution in [-0.4, -0.2) is 72.3 Å². The van der Waals surface area contributed by atoms with Crippen molar-refractivity contribution in [3.05, 3.63) is 39.3 Å². The van der Waals surface area contributed by atoms with Gasteiger partial charge in [-0.15, -0.1) is 23.7 Å². The van der Waals surface area contributed by atoms with E-state index in [1.54, 1.807) is 11.3 Å². The van der Waals surface area contributed by atoms with E-state index in [1.165, 1.54) is 4.88 Å². The predicted octanol–water partition coefficient (Wildman–Crippen LogP) is 1.68. The molecular weight excluding hydrogens is 386 g/mol. The number of aromatic amines is 1. The van der Waals surface area contributed by atoms with E-state index in [0.29, 0.717) is 18.8 Å².